The minimum absolute atomic E-state index is 0.160. The average molecular weight is 522 g/mol. The molecule has 3 aromatic rings. The quantitative estimate of drug-likeness (QED) is 0.345. The molecule has 9 nitrogen and oxygen atoms in total. The van der Waals surface area contributed by atoms with Crippen LogP contribution in [-0.2, 0) is 29.2 Å². The summed E-state index contributed by atoms with van der Waals surface area (Å²) in [5, 5.41) is 0. The molecular formula is C29H35N3O6. The van der Waals surface area contributed by atoms with E-state index in [4.69, 9.17) is 18.6 Å². The van der Waals surface area contributed by atoms with Crippen LogP contribution in [0.15, 0.2) is 59.2 Å². The Kier molecular flexibility index (Phi) is 9.37. The number of nitrogens with zero attached hydrogens (tertiary/aromatic N) is 3. The van der Waals surface area contributed by atoms with Crippen LogP contribution in [0.2, 0.25) is 0 Å². The number of benzene rings is 2. The second kappa shape index (κ2) is 13.1. The maximum atomic E-state index is 13.1. The highest BCUT2D eigenvalue weighted by molar-refractivity contribution is 5.92. The minimum atomic E-state index is -0.189. The molecule has 0 spiro atoms. The summed E-state index contributed by atoms with van der Waals surface area (Å²) < 4.78 is 21.9. The van der Waals surface area contributed by atoms with Gasteiger partial charge in [-0.2, -0.15) is 0 Å². The Balaban J connectivity index is 1.45. The molecule has 9 heteroatoms. The third-order valence-electron chi connectivity index (χ3n) is 6.66. The molecule has 1 aliphatic rings. The first kappa shape index (κ1) is 27.2. The standard InChI is InChI=1S/C29H35N3O6/c1-4-37-29(34)22-12-14-32(15-13-22)28(33)25-20-38-27(30-25)19-31(17-21-8-6-5-7-9-21)18-23-16-24(35-2)10-11-26(23)36-3/h5-11,16,20,22H,4,12-15,17-19H2,1-3H3. The van der Waals surface area contributed by atoms with Crippen LogP contribution < -0.4 is 9.47 Å². The van der Waals surface area contributed by atoms with E-state index in [0.717, 1.165) is 22.6 Å². The Morgan fingerprint density at radius 1 is 1.03 bits per heavy atom. The lowest BCUT2D eigenvalue weighted by Crippen LogP contribution is -2.40. The Hall–Kier alpha value is -3.85. The van der Waals surface area contributed by atoms with Gasteiger partial charge in [-0.1, -0.05) is 30.3 Å². The molecule has 0 bridgehead atoms. The number of oxazole rings is 1. The molecule has 202 valence electrons. The van der Waals surface area contributed by atoms with Crippen molar-refractivity contribution in [3.05, 3.63) is 77.5 Å². The number of likely N-dealkylation sites (tertiary alicyclic amines) is 1. The van der Waals surface area contributed by atoms with E-state index in [1.54, 1.807) is 26.0 Å². The molecule has 0 saturated carbocycles. The van der Waals surface area contributed by atoms with Gasteiger partial charge in [0.05, 0.1) is 33.3 Å². The molecule has 0 radical (unpaired) electrons. The maximum absolute atomic E-state index is 13.1. The summed E-state index contributed by atoms with van der Waals surface area (Å²) in [4.78, 5) is 33.5. The molecule has 1 saturated heterocycles. The highest BCUT2D eigenvalue weighted by atomic mass is 16.5. The van der Waals surface area contributed by atoms with Crippen molar-refractivity contribution >= 4 is 11.9 Å². The number of hydrogen-bond acceptors (Lipinski definition) is 8. The number of rotatable bonds is 11. The second-order valence-corrected chi connectivity index (χ2v) is 9.25. The molecule has 0 atom stereocenters. The summed E-state index contributed by atoms with van der Waals surface area (Å²) in [7, 11) is 3.28. The molecule has 0 unspecified atom stereocenters. The minimum Gasteiger partial charge on any atom is -0.497 e. The number of carbonyl (C=O) groups excluding carboxylic acids is 2. The van der Waals surface area contributed by atoms with E-state index in [2.05, 4.69) is 22.0 Å². The summed E-state index contributed by atoms with van der Waals surface area (Å²) >= 11 is 0. The van der Waals surface area contributed by atoms with E-state index in [9.17, 15) is 9.59 Å². The van der Waals surface area contributed by atoms with Gasteiger partial charge in [-0.15, -0.1) is 0 Å². The molecule has 0 aliphatic carbocycles. The van der Waals surface area contributed by atoms with Crippen LogP contribution in [0, 0.1) is 5.92 Å². The number of esters is 1. The molecule has 2 aromatic carbocycles. The highest BCUT2D eigenvalue weighted by Gasteiger charge is 2.30. The third kappa shape index (κ3) is 6.92. The number of carbonyl (C=O) groups is 2. The second-order valence-electron chi connectivity index (χ2n) is 9.25. The molecule has 1 amide bonds. The van der Waals surface area contributed by atoms with Crippen LogP contribution in [0.4, 0.5) is 0 Å². The smallest absolute Gasteiger partial charge is 0.309 e. The lowest BCUT2D eigenvalue weighted by atomic mass is 9.97. The molecule has 0 N–H and O–H groups in total. The highest BCUT2D eigenvalue weighted by Crippen LogP contribution is 2.27. The van der Waals surface area contributed by atoms with Crippen molar-refractivity contribution in [2.45, 2.75) is 39.4 Å². The molecular weight excluding hydrogens is 486 g/mol. The summed E-state index contributed by atoms with van der Waals surface area (Å²) in [6.07, 6.45) is 2.59. The Labute approximate surface area is 223 Å². The Morgan fingerprint density at radius 2 is 1.79 bits per heavy atom. The largest absolute Gasteiger partial charge is 0.497 e. The van der Waals surface area contributed by atoms with Crippen molar-refractivity contribution in [3.63, 3.8) is 0 Å². The lowest BCUT2D eigenvalue weighted by Gasteiger charge is -2.30. The summed E-state index contributed by atoms with van der Waals surface area (Å²) in [6.45, 7) is 4.74. The number of hydrogen-bond donors (Lipinski definition) is 0. The molecule has 2 heterocycles. The van der Waals surface area contributed by atoms with Gasteiger partial charge in [0.1, 0.15) is 17.8 Å². The summed E-state index contributed by atoms with van der Waals surface area (Å²) in [5.41, 5.74) is 2.38. The first-order chi connectivity index (χ1) is 18.5. The Bertz CT molecular complexity index is 1200. The number of ether oxygens (including phenoxy) is 3. The van der Waals surface area contributed by atoms with Crippen LogP contribution in [0.5, 0.6) is 11.5 Å². The van der Waals surface area contributed by atoms with Gasteiger partial charge < -0.3 is 23.5 Å². The van der Waals surface area contributed by atoms with E-state index in [0.29, 0.717) is 58.1 Å². The van der Waals surface area contributed by atoms with E-state index < -0.39 is 0 Å². The van der Waals surface area contributed by atoms with Crippen molar-refractivity contribution in [2.24, 2.45) is 5.92 Å². The van der Waals surface area contributed by atoms with Crippen molar-refractivity contribution in [2.75, 3.05) is 33.9 Å². The SMILES string of the molecule is CCOC(=O)C1CCN(C(=O)c2coc(CN(Cc3ccccc3)Cc3cc(OC)ccc3OC)n2)CC1. The van der Waals surface area contributed by atoms with Crippen molar-refractivity contribution in [3.8, 4) is 11.5 Å². The van der Waals surface area contributed by atoms with Crippen molar-refractivity contribution in [1.82, 2.24) is 14.8 Å². The van der Waals surface area contributed by atoms with E-state index in [1.807, 2.05) is 36.4 Å². The van der Waals surface area contributed by atoms with E-state index in [1.165, 1.54) is 6.26 Å². The predicted molar refractivity (Wildman–Crippen MR) is 141 cm³/mol. The summed E-state index contributed by atoms with van der Waals surface area (Å²) in [5.74, 6) is 1.43. The van der Waals surface area contributed by atoms with Gasteiger partial charge in [-0.3, -0.25) is 14.5 Å². The fraction of sp³-hybridized carbons (Fsp3) is 0.414. The number of methoxy groups -OCH3 is 2. The average Bonchev–Trinajstić information content (AvgIpc) is 3.41. The number of amides is 1. The molecule has 1 aromatic heterocycles. The zero-order valence-corrected chi connectivity index (χ0v) is 22.2. The number of piperidine rings is 1. The van der Waals surface area contributed by atoms with Crippen LogP contribution in [0.3, 0.4) is 0 Å². The van der Waals surface area contributed by atoms with Gasteiger partial charge >= 0.3 is 5.97 Å². The van der Waals surface area contributed by atoms with Gasteiger partial charge in [0.15, 0.2) is 5.69 Å². The van der Waals surface area contributed by atoms with Gasteiger partial charge in [-0.05, 0) is 43.5 Å². The molecule has 38 heavy (non-hydrogen) atoms. The van der Waals surface area contributed by atoms with Gasteiger partial charge in [0.2, 0.25) is 5.89 Å². The van der Waals surface area contributed by atoms with E-state index in [-0.39, 0.29) is 23.5 Å². The fourth-order valence-electron chi connectivity index (χ4n) is 4.67. The topological polar surface area (TPSA) is 94.3 Å². The third-order valence-corrected chi connectivity index (χ3v) is 6.66. The molecule has 1 aliphatic heterocycles. The first-order valence-corrected chi connectivity index (χ1v) is 12.9. The van der Waals surface area contributed by atoms with Crippen LogP contribution in [0.25, 0.3) is 0 Å². The van der Waals surface area contributed by atoms with Crippen LogP contribution in [-0.4, -0.2) is 60.6 Å². The predicted octanol–water partition coefficient (Wildman–Crippen LogP) is 4.31. The van der Waals surface area contributed by atoms with Crippen LogP contribution in [0.1, 0.15) is 47.3 Å². The van der Waals surface area contributed by atoms with E-state index >= 15 is 0 Å². The fourth-order valence-corrected chi connectivity index (χ4v) is 4.67. The zero-order chi connectivity index (χ0) is 26.9. The monoisotopic (exact) mass is 521 g/mol. The van der Waals surface area contributed by atoms with Crippen LogP contribution >= 0.6 is 0 Å². The van der Waals surface area contributed by atoms with Crippen molar-refractivity contribution < 1.29 is 28.2 Å². The zero-order valence-electron chi connectivity index (χ0n) is 22.2. The normalized spacial score (nSPS) is 13.9. The summed E-state index contributed by atoms with van der Waals surface area (Å²) in [6, 6.07) is 15.9. The first-order valence-electron chi connectivity index (χ1n) is 12.9. The van der Waals surface area contributed by atoms with Gasteiger partial charge in [-0.25, -0.2) is 4.98 Å². The van der Waals surface area contributed by atoms with Gasteiger partial charge in [0.25, 0.3) is 5.91 Å². The molecule has 4 rings (SSSR count). The lowest BCUT2D eigenvalue weighted by molar-refractivity contribution is -0.149. The number of aromatic nitrogens is 1. The van der Waals surface area contributed by atoms with Crippen molar-refractivity contribution in [1.29, 1.82) is 0 Å². The van der Waals surface area contributed by atoms with Gasteiger partial charge in [0, 0.05) is 31.7 Å². The molecule has 1 fully saturated rings. The maximum Gasteiger partial charge on any atom is 0.309 e. The Morgan fingerprint density at radius 3 is 2.47 bits per heavy atom.